The highest BCUT2D eigenvalue weighted by atomic mass is 16.5. The smallest absolute Gasteiger partial charge is 0.233 e. The third-order valence-electron chi connectivity index (χ3n) is 3.77. The standard InChI is InChI=1S/C21H26N2O5/c1-14(2)28-17-8-6-16(7-9-17)23-21(25)12-20(24)22-13-15-5-10-18(26-3)19(11-15)27-4/h5-11,14H,12-13H2,1-4H3,(H,22,24)(H,23,25). The Morgan fingerprint density at radius 3 is 2.21 bits per heavy atom. The van der Waals surface area contributed by atoms with Crippen LogP contribution in [0.2, 0.25) is 0 Å². The van der Waals surface area contributed by atoms with Crippen LogP contribution < -0.4 is 24.8 Å². The highest BCUT2D eigenvalue weighted by Crippen LogP contribution is 2.27. The zero-order chi connectivity index (χ0) is 20.5. The van der Waals surface area contributed by atoms with Crippen LogP contribution in [0.25, 0.3) is 0 Å². The van der Waals surface area contributed by atoms with E-state index in [1.54, 1.807) is 50.6 Å². The van der Waals surface area contributed by atoms with Crippen LogP contribution >= 0.6 is 0 Å². The van der Waals surface area contributed by atoms with Gasteiger partial charge in [0.1, 0.15) is 12.2 Å². The van der Waals surface area contributed by atoms with Gasteiger partial charge in [-0.15, -0.1) is 0 Å². The van der Waals surface area contributed by atoms with Crippen molar-refractivity contribution in [3.63, 3.8) is 0 Å². The van der Waals surface area contributed by atoms with Crippen LogP contribution in [0, 0.1) is 0 Å². The van der Waals surface area contributed by atoms with Crippen LogP contribution in [0.5, 0.6) is 17.2 Å². The maximum Gasteiger partial charge on any atom is 0.233 e. The third-order valence-corrected chi connectivity index (χ3v) is 3.77. The van der Waals surface area contributed by atoms with Gasteiger partial charge in [0.2, 0.25) is 11.8 Å². The fourth-order valence-corrected chi connectivity index (χ4v) is 2.49. The number of benzene rings is 2. The topological polar surface area (TPSA) is 85.9 Å². The summed E-state index contributed by atoms with van der Waals surface area (Å²) in [4.78, 5) is 24.1. The molecule has 2 aromatic rings. The van der Waals surface area contributed by atoms with E-state index in [-0.39, 0.29) is 30.9 Å². The molecule has 0 aliphatic rings. The molecule has 0 atom stereocenters. The Kier molecular flexibility index (Phi) is 7.68. The number of nitrogens with one attached hydrogen (secondary N) is 2. The van der Waals surface area contributed by atoms with Crippen molar-refractivity contribution in [3.8, 4) is 17.2 Å². The molecule has 2 N–H and O–H groups in total. The molecule has 150 valence electrons. The minimum absolute atomic E-state index is 0.0785. The minimum Gasteiger partial charge on any atom is -0.493 e. The quantitative estimate of drug-likeness (QED) is 0.647. The highest BCUT2D eigenvalue weighted by molar-refractivity contribution is 6.03. The second-order valence-corrected chi connectivity index (χ2v) is 6.38. The number of anilines is 1. The molecule has 28 heavy (non-hydrogen) atoms. The highest BCUT2D eigenvalue weighted by Gasteiger charge is 2.11. The molecule has 2 amide bonds. The first kappa shape index (κ1) is 21.1. The Morgan fingerprint density at radius 2 is 1.61 bits per heavy atom. The molecule has 0 aliphatic carbocycles. The lowest BCUT2D eigenvalue weighted by molar-refractivity contribution is -0.126. The van der Waals surface area contributed by atoms with E-state index in [4.69, 9.17) is 14.2 Å². The van der Waals surface area contributed by atoms with Crippen molar-refractivity contribution >= 4 is 17.5 Å². The first-order chi connectivity index (χ1) is 13.4. The molecular formula is C21H26N2O5. The molecule has 0 aromatic heterocycles. The molecule has 7 heteroatoms. The number of hydrogen-bond donors (Lipinski definition) is 2. The van der Waals surface area contributed by atoms with E-state index in [1.165, 1.54) is 0 Å². The van der Waals surface area contributed by atoms with Crippen LogP contribution in [0.3, 0.4) is 0 Å². The SMILES string of the molecule is COc1ccc(CNC(=O)CC(=O)Nc2ccc(OC(C)C)cc2)cc1OC. The predicted octanol–water partition coefficient (Wildman–Crippen LogP) is 3.14. The van der Waals surface area contributed by atoms with E-state index >= 15 is 0 Å². The van der Waals surface area contributed by atoms with E-state index in [0.29, 0.717) is 17.2 Å². The lowest BCUT2D eigenvalue weighted by Gasteiger charge is -2.11. The normalized spacial score (nSPS) is 10.3. The molecular weight excluding hydrogens is 360 g/mol. The van der Waals surface area contributed by atoms with Gasteiger partial charge < -0.3 is 24.8 Å². The Labute approximate surface area is 165 Å². The van der Waals surface area contributed by atoms with Gasteiger partial charge in [-0.2, -0.15) is 0 Å². The number of carbonyl (C=O) groups is 2. The summed E-state index contributed by atoms with van der Waals surface area (Å²) in [5.41, 5.74) is 1.45. The lowest BCUT2D eigenvalue weighted by atomic mass is 10.2. The predicted molar refractivity (Wildman–Crippen MR) is 107 cm³/mol. The Bertz CT molecular complexity index is 803. The molecule has 0 saturated heterocycles. The minimum atomic E-state index is -0.387. The summed E-state index contributed by atoms with van der Waals surface area (Å²) < 4.78 is 16.0. The summed E-state index contributed by atoms with van der Waals surface area (Å²) in [6.45, 7) is 4.17. The molecule has 0 unspecified atom stereocenters. The molecule has 2 aromatic carbocycles. The van der Waals surface area contributed by atoms with Crippen molar-refractivity contribution in [2.75, 3.05) is 19.5 Å². The Morgan fingerprint density at radius 1 is 0.929 bits per heavy atom. The second-order valence-electron chi connectivity index (χ2n) is 6.38. The fourth-order valence-electron chi connectivity index (χ4n) is 2.49. The molecule has 2 rings (SSSR count). The maximum absolute atomic E-state index is 12.0. The maximum atomic E-state index is 12.0. The molecule has 0 aliphatic heterocycles. The van der Waals surface area contributed by atoms with Gasteiger partial charge in [0, 0.05) is 12.2 Å². The summed E-state index contributed by atoms with van der Waals surface area (Å²) in [6.07, 6.45) is -0.188. The average Bonchev–Trinajstić information content (AvgIpc) is 2.67. The van der Waals surface area contributed by atoms with Gasteiger partial charge in [0.15, 0.2) is 11.5 Å². The van der Waals surface area contributed by atoms with E-state index in [1.807, 2.05) is 19.9 Å². The molecule has 0 bridgehead atoms. The number of amides is 2. The molecule has 0 fully saturated rings. The Hall–Kier alpha value is -3.22. The van der Waals surface area contributed by atoms with Gasteiger partial charge in [0.05, 0.1) is 20.3 Å². The van der Waals surface area contributed by atoms with Gasteiger partial charge in [-0.05, 0) is 55.8 Å². The number of methoxy groups -OCH3 is 2. The molecule has 0 saturated carbocycles. The Balaban J connectivity index is 1.81. The van der Waals surface area contributed by atoms with Gasteiger partial charge in [0.25, 0.3) is 0 Å². The summed E-state index contributed by atoms with van der Waals surface area (Å²) >= 11 is 0. The van der Waals surface area contributed by atoms with Crippen LogP contribution in [-0.4, -0.2) is 32.1 Å². The average molecular weight is 386 g/mol. The molecule has 7 nitrogen and oxygen atoms in total. The van der Waals surface area contributed by atoms with E-state index in [9.17, 15) is 9.59 Å². The first-order valence-corrected chi connectivity index (χ1v) is 8.95. The van der Waals surface area contributed by atoms with E-state index in [0.717, 1.165) is 11.3 Å². The van der Waals surface area contributed by atoms with Gasteiger partial charge in [-0.25, -0.2) is 0 Å². The van der Waals surface area contributed by atoms with Crippen LogP contribution in [0.15, 0.2) is 42.5 Å². The van der Waals surface area contributed by atoms with Crippen molar-refractivity contribution < 1.29 is 23.8 Å². The lowest BCUT2D eigenvalue weighted by Crippen LogP contribution is -2.27. The second kappa shape index (κ2) is 10.2. The number of carbonyl (C=O) groups excluding carboxylic acids is 2. The molecule has 0 heterocycles. The number of ether oxygens (including phenoxy) is 3. The van der Waals surface area contributed by atoms with Crippen molar-refractivity contribution in [2.24, 2.45) is 0 Å². The van der Waals surface area contributed by atoms with Gasteiger partial charge >= 0.3 is 0 Å². The largest absolute Gasteiger partial charge is 0.493 e. The number of hydrogen-bond acceptors (Lipinski definition) is 5. The van der Waals surface area contributed by atoms with E-state index < -0.39 is 0 Å². The zero-order valence-corrected chi connectivity index (χ0v) is 16.6. The monoisotopic (exact) mass is 386 g/mol. The zero-order valence-electron chi connectivity index (χ0n) is 16.6. The van der Waals surface area contributed by atoms with Crippen LogP contribution in [-0.2, 0) is 16.1 Å². The van der Waals surface area contributed by atoms with Gasteiger partial charge in [-0.1, -0.05) is 6.07 Å². The third kappa shape index (κ3) is 6.50. The number of rotatable bonds is 9. The van der Waals surface area contributed by atoms with Crippen molar-refractivity contribution in [1.29, 1.82) is 0 Å². The summed E-state index contributed by atoms with van der Waals surface area (Å²) in [7, 11) is 3.11. The van der Waals surface area contributed by atoms with Crippen molar-refractivity contribution in [1.82, 2.24) is 5.32 Å². The summed E-state index contributed by atoms with van der Waals surface area (Å²) in [6, 6.07) is 12.4. The van der Waals surface area contributed by atoms with Crippen molar-refractivity contribution in [3.05, 3.63) is 48.0 Å². The van der Waals surface area contributed by atoms with Crippen LogP contribution in [0.1, 0.15) is 25.8 Å². The van der Waals surface area contributed by atoms with Gasteiger partial charge in [-0.3, -0.25) is 9.59 Å². The fraction of sp³-hybridized carbons (Fsp3) is 0.333. The van der Waals surface area contributed by atoms with Crippen LogP contribution in [0.4, 0.5) is 5.69 Å². The summed E-state index contributed by atoms with van der Waals surface area (Å²) in [5, 5.41) is 5.41. The molecule has 0 radical (unpaired) electrons. The van der Waals surface area contributed by atoms with Crippen molar-refractivity contribution in [2.45, 2.75) is 32.9 Å². The summed E-state index contributed by atoms with van der Waals surface area (Å²) in [5.74, 6) is 1.16. The van der Waals surface area contributed by atoms with E-state index in [2.05, 4.69) is 10.6 Å². The molecule has 0 spiro atoms. The first-order valence-electron chi connectivity index (χ1n) is 8.95.